The van der Waals surface area contributed by atoms with E-state index in [0.29, 0.717) is 12.4 Å². The summed E-state index contributed by atoms with van der Waals surface area (Å²) in [6.45, 7) is 0.372. The van der Waals surface area contributed by atoms with Crippen LogP contribution in [-0.4, -0.2) is 24.3 Å². The zero-order valence-corrected chi connectivity index (χ0v) is 13.1. The standard InChI is InChI=1S/C12H15ClN2O2S2/c1-14-8-12(5-11(14)6-13)19(16,17)15(2)7-10-3-4-18-9-10/h3-5,8-9H,6-7H2,1-2H3. The lowest BCUT2D eigenvalue weighted by Gasteiger charge is -2.15. The number of nitrogens with zero attached hydrogens (tertiary/aromatic N) is 2. The van der Waals surface area contributed by atoms with E-state index in [2.05, 4.69) is 0 Å². The van der Waals surface area contributed by atoms with Crippen LogP contribution in [0.2, 0.25) is 0 Å². The highest BCUT2D eigenvalue weighted by Gasteiger charge is 2.23. The highest BCUT2D eigenvalue weighted by molar-refractivity contribution is 7.89. The molecule has 2 aromatic heterocycles. The van der Waals surface area contributed by atoms with Gasteiger partial charge < -0.3 is 4.57 Å². The highest BCUT2D eigenvalue weighted by Crippen LogP contribution is 2.20. The van der Waals surface area contributed by atoms with Crippen LogP contribution in [-0.2, 0) is 29.5 Å². The Morgan fingerprint density at radius 1 is 1.47 bits per heavy atom. The quantitative estimate of drug-likeness (QED) is 0.795. The van der Waals surface area contributed by atoms with Crippen LogP contribution in [0, 0.1) is 0 Å². The molecule has 2 rings (SSSR count). The summed E-state index contributed by atoms with van der Waals surface area (Å²) in [6.07, 6.45) is 1.59. The molecule has 2 aromatic rings. The third kappa shape index (κ3) is 3.02. The Bertz CT molecular complexity index is 647. The van der Waals surface area contributed by atoms with Gasteiger partial charge in [-0.1, -0.05) is 0 Å². The largest absolute Gasteiger partial charge is 0.352 e. The monoisotopic (exact) mass is 318 g/mol. The molecular formula is C12H15ClN2O2S2. The molecule has 0 aliphatic heterocycles. The molecule has 0 unspecified atom stereocenters. The van der Waals surface area contributed by atoms with Gasteiger partial charge in [-0.2, -0.15) is 15.6 Å². The minimum Gasteiger partial charge on any atom is -0.352 e. The summed E-state index contributed by atoms with van der Waals surface area (Å²) in [4.78, 5) is 0.281. The van der Waals surface area contributed by atoms with E-state index in [9.17, 15) is 8.42 Å². The van der Waals surface area contributed by atoms with E-state index in [1.54, 1.807) is 42.3 Å². The van der Waals surface area contributed by atoms with Crippen LogP contribution in [0.5, 0.6) is 0 Å². The van der Waals surface area contributed by atoms with Crippen molar-refractivity contribution in [2.45, 2.75) is 17.3 Å². The van der Waals surface area contributed by atoms with Crippen LogP contribution >= 0.6 is 22.9 Å². The molecule has 0 saturated heterocycles. The van der Waals surface area contributed by atoms with Gasteiger partial charge in [0.2, 0.25) is 10.0 Å². The molecule has 0 spiro atoms. The van der Waals surface area contributed by atoms with Crippen LogP contribution in [0.1, 0.15) is 11.3 Å². The molecule has 2 heterocycles. The zero-order chi connectivity index (χ0) is 14.0. The summed E-state index contributed by atoms with van der Waals surface area (Å²) in [5.41, 5.74) is 1.77. The smallest absolute Gasteiger partial charge is 0.244 e. The van der Waals surface area contributed by atoms with Crippen LogP contribution in [0.3, 0.4) is 0 Å². The van der Waals surface area contributed by atoms with Gasteiger partial charge in [-0.05, 0) is 28.5 Å². The summed E-state index contributed by atoms with van der Waals surface area (Å²) >= 11 is 7.32. The second-order valence-corrected chi connectivity index (χ2v) is 7.40. The maximum Gasteiger partial charge on any atom is 0.244 e. The van der Waals surface area contributed by atoms with Crippen LogP contribution in [0.4, 0.5) is 0 Å². The van der Waals surface area contributed by atoms with Crippen molar-refractivity contribution in [2.75, 3.05) is 7.05 Å². The minimum absolute atomic E-state index is 0.281. The van der Waals surface area contributed by atoms with Crippen molar-refractivity contribution in [1.82, 2.24) is 8.87 Å². The van der Waals surface area contributed by atoms with E-state index in [1.807, 2.05) is 16.8 Å². The second-order valence-electron chi connectivity index (χ2n) is 4.30. The SMILES string of the molecule is CN(Cc1ccsc1)S(=O)(=O)c1cc(CCl)n(C)c1. The average Bonchev–Trinajstić information content (AvgIpc) is 2.98. The van der Waals surface area contributed by atoms with Gasteiger partial charge in [0.25, 0.3) is 0 Å². The van der Waals surface area contributed by atoms with E-state index in [0.717, 1.165) is 11.3 Å². The maximum atomic E-state index is 12.4. The van der Waals surface area contributed by atoms with Crippen molar-refractivity contribution in [3.05, 3.63) is 40.3 Å². The van der Waals surface area contributed by atoms with Crippen molar-refractivity contribution >= 4 is 33.0 Å². The van der Waals surface area contributed by atoms with Gasteiger partial charge in [0.1, 0.15) is 4.90 Å². The molecule has 0 saturated carbocycles. The van der Waals surface area contributed by atoms with Gasteiger partial charge in [0.15, 0.2) is 0 Å². The molecule has 0 aromatic carbocycles. The molecule has 0 bridgehead atoms. The van der Waals surface area contributed by atoms with E-state index in [4.69, 9.17) is 11.6 Å². The molecule has 0 aliphatic rings. The van der Waals surface area contributed by atoms with Crippen molar-refractivity contribution in [2.24, 2.45) is 7.05 Å². The van der Waals surface area contributed by atoms with Crippen molar-refractivity contribution in [1.29, 1.82) is 0 Å². The molecule has 0 amide bonds. The van der Waals surface area contributed by atoms with Crippen molar-refractivity contribution in [3.63, 3.8) is 0 Å². The fourth-order valence-electron chi connectivity index (χ4n) is 1.76. The normalized spacial score (nSPS) is 12.2. The summed E-state index contributed by atoms with van der Waals surface area (Å²) < 4.78 is 27.9. The Morgan fingerprint density at radius 3 is 2.74 bits per heavy atom. The maximum absolute atomic E-state index is 12.4. The molecule has 7 heteroatoms. The molecule has 104 valence electrons. The molecule has 0 fully saturated rings. The van der Waals surface area contributed by atoms with Crippen LogP contribution < -0.4 is 0 Å². The first-order valence-corrected chi connectivity index (χ1v) is 8.55. The van der Waals surface area contributed by atoms with E-state index < -0.39 is 10.0 Å². The van der Waals surface area contributed by atoms with Crippen LogP contribution in [0.15, 0.2) is 34.0 Å². The number of rotatable bonds is 5. The van der Waals surface area contributed by atoms with Crippen molar-refractivity contribution in [3.8, 4) is 0 Å². The number of thiophene rings is 1. The molecule has 0 aliphatic carbocycles. The third-order valence-corrected chi connectivity index (χ3v) is 5.69. The number of hydrogen-bond acceptors (Lipinski definition) is 3. The predicted octanol–water partition coefficient (Wildman–Crippen LogP) is 2.65. The van der Waals surface area contributed by atoms with Gasteiger partial charge in [-0.15, -0.1) is 11.6 Å². The van der Waals surface area contributed by atoms with Gasteiger partial charge in [-0.25, -0.2) is 8.42 Å². The first-order valence-electron chi connectivity index (χ1n) is 5.63. The first kappa shape index (κ1) is 14.6. The Kier molecular flexibility index (Phi) is 4.35. The number of aromatic nitrogens is 1. The Labute approximate surface area is 122 Å². The topological polar surface area (TPSA) is 42.3 Å². The number of hydrogen-bond donors (Lipinski definition) is 0. The van der Waals surface area contributed by atoms with E-state index >= 15 is 0 Å². The lowest BCUT2D eigenvalue weighted by Crippen LogP contribution is -2.26. The molecule has 4 nitrogen and oxygen atoms in total. The number of aryl methyl sites for hydroxylation is 1. The first-order chi connectivity index (χ1) is 8.95. The number of halogens is 1. The summed E-state index contributed by atoms with van der Waals surface area (Å²) in [7, 11) is -0.0973. The van der Waals surface area contributed by atoms with Gasteiger partial charge in [0.05, 0.1) is 5.88 Å². The second kappa shape index (κ2) is 5.66. The van der Waals surface area contributed by atoms with Gasteiger partial charge >= 0.3 is 0 Å². The highest BCUT2D eigenvalue weighted by atomic mass is 35.5. The average molecular weight is 319 g/mol. The molecule has 0 N–H and O–H groups in total. The summed E-state index contributed by atoms with van der Waals surface area (Å²) in [5.74, 6) is 0.292. The van der Waals surface area contributed by atoms with Gasteiger partial charge in [-0.3, -0.25) is 0 Å². The third-order valence-electron chi connectivity index (χ3n) is 2.91. The van der Waals surface area contributed by atoms with Crippen LogP contribution in [0.25, 0.3) is 0 Å². The fourth-order valence-corrected chi connectivity index (χ4v) is 3.94. The Balaban J connectivity index is 2.25. The Morgan fingerprint density at radius 2 is 2.21 bits per heavy atom. The Hall–Kier alpha value is -0.820. The van der Waals surface area contributed by atoms with E-state index in [1.165, 1.54) is 4.31 Å². The molecule has 0 atom stereocenters. The molecule has 0 radical (unpaired) electrons. The number of alkyl halides is 1. The minimum atomic E-state index is -3.47. The summed E-state index contributed by atoms with van der Waals surface area (Å²) in [5, 5.41) is 3.88. The fraction of sp³-hybridized carbons (Fsp3) is 0.333. The van der Waals surface area contributed by atoms with Gasteiger partial charge in [0, 0.05) is 32.5 Å². The lowest BCUT2D eigenvalue weighted by molar-refractivity contribution is 0.467. The zero-order valence-electron chi connectivity index (χ0n) is 10.7. The van der Waals surface area contributed by atoms with E-state index in [-0.39, 0.29) is 4.90 Å². The lowest BCUT2D eigenvalue weighted by atomic mass is 10.3. The summed E-state index contributed by atoms with van der Waals surface area (Å²) in [6, 6.07) is 3.54. The number of sulfonamides is 1. The molecular weight excluding hydrogens is 304 g/mol. The molecule has 19 heavy (non-hydrogen) atoms. The predicted molar refractivity (Wildman–Crippen MR) is 77.9 cm³/mol. The van der Waals surface area contributed by atoms with Crippen molar-refractivity contribution < 1.29 is 8.42 Å².